The lowest BCUT2D eigenvalue weighted by molar-refractivity contribution is -0.130. The summed E-state index contributed by atoms with van der Waals surface area (Å²) >= 11 is 5.70. The third-order valence-electron chi connectivity index (χ3n) is 2.54. The molecule has 3 nitrogen and oxygen atoms in total. The minimum atomic E-state index is -0.835. The number of Topliss-reactive ketones (excluding diaryl/α,β-unsaturated/α-hetero) is 3. The van der Waals surface area contributed by atoms with E-state index in [-0.39, 0.29) is 23.8 Å². The van der Waals surface area contributed by atoms with Crippen LogP contribution in [0.1, 0.15) is 30.6 Å². The number of rotatable bonds is 5. The molecule has 0 heterocycles. The molecule has 0 bridgehead atoms. The van der Waals surface area contributed by atoms with E-state index in [0.29, 0.717) is 10.6 Å². The zero-order chi connectivity index (χ0) is 13.0. The number of ketones is 3. The number of hydrogen-bond donors (Lipinski definition) is 0. The van der Waals surface area contributed by atoms with Gasteiger partial charge in [0.05, 0.1) is 5.92 Å². The molecule has 90 valence electrons. The summed E-state index contributed by atoms with van der Waals surface area (Å²) in [5.74, 6) is -1.62. The maximum absolute atomic E-state index is 11.8. The first-order chi connectivity index (χ1) is 7.91. The summed E-state index contributed by atoms with van der Waals surface area (Å²) in [6, 6.07) is 6.38. The molecule has 1 aromatic rings. The maximum atomic E-state index is 11.8. The highest BCUT2D eigenvalue weighted by molar-refractivity contribution is 6.30. The average Bonchev–Trinajstić information content (AvgIpc) is 2.25. The Balaban J connectivity index is 2.81. The summed E-state index contributed by atoms with van der Waals surface area (Å²) < 4.78 is 0. The fourth-order valence-corrected chi connectivity index (χ4v) is 1.64. The van der Waals surface area contributed by atoms with Crippen LogP contribution in [-0.2, 0) is 9.59 Å². The largest absolute Gasteiger partial charge is 0.299 e. The van der Waals surface area contributed by atoms with Gasteiger partial charge in [-0.25, -0.2) is 0 Å². The predicted molar refractivity (Wildman–Crippen MR) is 65.3 cm³/mol. The molecule has 1 rings (SSSR count). The van der Waals surface area contributed by atoms with Crippen molar-refractivity contribution in [2.45, 2.75) is 20.3 Å². The summed E-state index contributed by atoms with van der Waals surface area (Å²) in [6.07, 6.45) is -0.0771. The molecule has 0 N–H and O–H groups in total. The van der Waals surface area contributed by atoms with Crippen molar-refractivity contribution >= 4 is 29.0 Å². The van der Waals surface area contributed by atoms with Crippen LogP contribution in [0.4, 0.5) is 0 Å². The molecule has 0 radical (unpaired) electrons. The molecule has 0 amide bonds. The summed E-state index contributed by atoms with van der Waals surface area (Å²) in [5.41, 5.74) is 0.460. The van der Waals surface area contributed by atoms with Gasteiger partial charge in [0, 0.05) is 17.0 Å². The van der Waals surface area contributed by atoms with E-state index in [1.807, 2.05) is 0 Å². The van der Waals surface area contributed by atoms with Crippen molar-refractivity contribution in [3.63, 3.8) is 0 Å². The normalized spacial score (nSPS) is 10.4. The van der Waals surface area contributed by atoms with Crippen LogP contribution in [-0.4, -0.2) is 17.3 Å². The smallest absolute Gasteiger partial charge is 0.164 e. The monoisotopic (exact) mass is 252 g/mol. The number of halogens is 1. The molecule has 0 unspecified atom stereocenters. The lowest BCUT2D eigenvalue weighted by Gasteiger charge is -2.09. The van der Waals surface area contributed by atoms with E-state index >= 15 is 0 Å². The Morgan fingerprint density at radius 2 is 1.53 bits per heavy atom. The fraction of sp³-hybridized carbons (Fsp3) is 0.308. The van der Waals surface area contributed by atoms with Gasteiger partial charge in [0.2, 0.25) is 0 Å². The number of hydrogen-bond acceptors (Lipinski definition) is 3. The van der Waals surface area contributed by atoms with Gasteiger partial charge >= 0.3 is 0 Å². The van der Waals surface area contributed by atoms with Crippen LogP contribution in [0, 0.1) is 5.92 Å². The Morgan fingerprint density at radius 3 is 1.94 bits per heavy atom. The van der Waals surface area contributed by atoms with Crippen LogP contribution in [0.2, 0.25) is 5.02 Å². The molecule has 0 aliphatic carbocycles. The van der Waals surface area contributed by atoms with Crippen molar-refractivity contribution in [2.75, 3.05) is 0 Å². The van der Waals surface area contributed by atoms with Crippen molar-refractivity contribution in [1.29, 1.82) is 0 Å². The van der Waals surface area contributed by atoms with Gasteiger partial charge in [0.15, 0.2) is 5.78 Å². The SMILES string of the molecule is CC(=O)C(CC(=O)c1ccc(Cl)cc1)C(C)=O. The molecule has 1 aromatic carbocycles. The molecule has 0 aliphatic rings. The Hall–Kier alpha value is -1.48. The first-order valence-corrected chi connectivity index (χ1v) is 5.59. The maximum Gasteiger partial charge on any atom is 0.164 e. The van der Waals surface area contributed by atoms with Gasteiger partial charge in [0.1, 0.15) is 11.6 Å². The third-order valence-corrected chi connectivity index (χ3v) is 2.79. The molecular weight excluding hydrogens is 240 g/mol. The lowest BCUT2D eigenvalue weighted by atomic mass is 9.92. The number of benzene rings is 1. The zero-order valence-electron chi connectivity index (χ0n) is 9.70. The first-order valence-electron chi connectivity index (χ1n) is 5.21. The Bertz CT molecular complexity index is 434. The van der Waals surface area contributed by atoms with Crippen molar-refractivity contribution in [3.05, 3.63) is 34.9 Å². The Labute approximate surface area is 105 Å². The topological polar surface area (TPSA) is 51.2 Å². The van der Waals surface area contributed by atoms with E-state index in [1.165, 1.54) is 13.8 Å². The van der Waals surface area contributed by atoms with Crippen molar-refractivity contribution in [3.8, 4) is 0 Å². The van der Waals surface area contributed by atoms with Crippen LogP contribution in [0.5, 0.6) is 0 Å². The highest BCUT2D eigenvalue weighted by Gasteiger charge is 2.23. The lowest BCUT2D eigenvalue weighted by Crippen LogP contribution is -2.22. The van der Waals surface area contributed by atoms with Crippen LogP contribution in [0.15, 0.2) is 24.3 Å². The quantitative estimate of drug-likeness (QED) is 0.598. The zero-order valence-corrected chi connectivity index (χ0v) is 10.5. The molecule has 0 atom stereocenters. The second-order valence-electron chi connectivity index (χ2n) is 3.91. The van der Waals surface area contributed by atoms with E-state index in [1.54, 1.807) is 24.3 Å². The highest BCUT2D eigenvalue weighted by Crippen LogP contribution is 2.15. The van der Waals surface area contributed by atoms with E-state index in [2.05, 4.69) is 0 Å². The minimum Gasteiger partial charge on any atom is -0.299 e. The number of carbonyl (C=O) groups is 3. The molecule has 0 aliphatic heterocycles. The van der Waals surface area contributed by atoms with Gasteiger partial charge in [-0.15, -0.1) is 0 Å². The van der Waals surface area contributed by atoms with Crippen LogP contribution in [0.3, 0.4) is 0 Å². The molecular formula is C13H13ClO3. The third kappa shape index (κ3) is 3.79. The van der Waals surface area contributed by atoms with Crippen LogP contribution >= 0.6 is 11.6 Å². The highest BCUT2D eigenvalue weighted by atomic mass is 35.5. The van der Waals surface area contributed by atoms with Gasteiger partial charge in [-0.3, -0.25) is 14.4 Å². The van der Waals surface area contributed by atoms with Crippen LogP contribution in [0.25, 0.3) is 0 Å². The van der Waals surface area contributed by atoms with E-state index < -0.39 is 5.92 Å². The van der Waals surface area contributed by atoms with E-state index in [9.17, 15) is 14.4 Å². The minimum absolute atomic E-state index is 0.0771. The summed E-state index contributed by atoms with van der Waals surface area (Å²) in [5, 5.41) is 0.538. The standard InChI is InChI=1S/C13H13ClO3/c1-8(15)12(9(2)16)7-13(17)10-3-5-11(14)6-4-10/h3-6,12H,7H2,1-2H3. The molecule has 0 spiro atoms. The summed E-state index contributed by atoms with van der Waals surface area (Å²) in [4.78, 5) is 34.3. The van der Waals surface area contributed by atoms with Crippen LogP contribution < -0.4 is 0 Å². The molecule has 0 fully saturated rings. The van der Waals surface area contributed by atoms with Gasteiger partial charge in [0.25, 0.3) is 0 Å². The predicted octanol–water partition coefficient (Wildman–Crippen LogP) is 2.71. The Kier molecular flexibility index (Phi) is 4.58. The van der Waals surface area contributed by atoms with Gasteiger partial charge < -0.3 is 0 Å². The van der Waals surface area contributed by atoms with Gasteiger partial charge in [-0.05, 0) is 38.1 Å². The number of carbonyl (C=O) groups excluding carboxylic acids is 3. The average molecular weight is 253 g/mol. The molecule has 0 saturated carbocycles. The molecule has 4 heteroatoms. The second kappa shape index (κ2) is 5.73. The molecule has 17 heavy (non-hydrogen) atoms. The summed E-state index contributed by atoms with van der Waals surface area (Å²) in [7, 11) is 0. The van der Waals surface area contributed by atoms with Crippen molar-refractivity contribution < 1.29 is 14.4 Å². The van der Waals surface area contributed by atoms with Gasteiger partial charge in [-0.2, -0.15) is 0 Å². The first kappa shape index (κ1) is 13.6. The van der Waals surface area contributed by atoms with E-state index in [0.717, 1.165) is 0 Å². The molecule has 0 aromatic heterocycles. The fourth-order valence-electron chi connectivity index (χ4n) is 1.51. The van der Waals surface area contributed by atoms with Gasteiger partial charge in [-0.1, -0.05) is 11.6 Å². The summed E-state index contributed by atoms with van der Waals surface area (Å²) in [6.45, 7) is 2.64. The van der Waals surface area contributed by atoms with Crippen molar-refractivity contribution in [1.82, 2.24) is 0 Å². The van der Waals surface area contributed by atoms with E-state index in [4.69, 9.17) is 11.6 Å². The molecule has 0 saturated heterocycles. The Morgan fingerprint density at radius 1 is 1.06 bits per heavy atom. The second-order valence-corrected chi connectivity index (χ2v) is 4.34. The van der Waals surface area contributed by atoms with Crippen molar-refractivity contribution in [2.24, 2.45) is 5.92 Å².